The summed E-state index contributed by atoms with van der Waals surface area (Å²) in [6, 6.07) is 3.89. The fourth-order valence-corrected chi connectivity index (χ4v) is 5.62. The fraction of sp³-hybridized carbons (Fsp3) is 0.632. The van der Waals surface area contributed by atoms with Crippen molar-refractivity contribution in [2.24, 2.45) is 16.4 Å². The van der Waals surface area contributed by atoms with Gasteiger partial charge >= 0.3 is 0 Å². The normalized spacial score (nSPS) is 24.4. The van der Waals surface area contributed by atoms with Crippen LogP contribution in [0.5, 0.6) is 0 Å². The number of hydrazone groups is 1. The maximum absolute atomic E-state index is 12.8. The molecule has 1 atom stereocenters. The third kappa shape index (κ3) is 5.12. The highest BCUT2D eigenvalue weighted by atomic mass is 32.2. The number of nitro benzene ring substituents is 1. The average molecular weight is 425 g/mol. The zero-order chi connectivity index (χ0) is 21.2. The predicted octanol–water partition coefficient (Wildman–Crippen LogP) is 3.23. The van der Waals surface area contributed by atoms with Gasteiger partial charge in [-0.25, -0.2) is 8.42 Å². The van der Waals surface area contributed by atoms with Gasteiger partial charge in [0.15, 0.2) is 0 Å². The van der Waals surface area contributed by atoms with Gasteiger partial charge in [-0.1, -0.05) is 20.8 Å². The van der Waals surface area contributed by atoms with Crippen LogP contribution in [0.15, 0.2) is 28.2 Å². The molecule has 1 N–H and O–H groups in total. The highest BCUT2D eigenvalue weighted by Gasteiger charge is 2.31. The van der Waals surface area contributed by atoms with Gasteiger partial charge in [0.1, 0.15) is 5.69 Å². The summed E-state index contributed by atoms with van der Waals surface area (Å²) in [5, 5.41) is 16.0. The van der Waals surface area contributed by atoms with E-state index in [2.05, 4.69) is 31.3 Å². The van der Waals surface area contributed by atoms with Crippen LogP contribution >= 0.6 is 0 Å². The number of ether oxygens (including phenoxy) is 1. The van der Waals surface area contributed by atoms with Crippen molar-refractivity contribution < 1.29 is 18.1 Å². The van der Waals surface area contributed by atoms with E-state index < -0.39 is 14.9 Å². The van der Waals surface area contributed by atoms with Gasteiger partial charge in [-0.05, 0) is 42.7 Å². The van der Waals surface area contributed by atoms with Gasteiger partial charge in [0.05, 0.1) is 23.0 Å². The second-order valence-electron chi connectivity index (χ2n) is 8.60. The minimum Gasteiger partial charge on any atom is -0.379 e. The van der Waals surface area contributed by atoms with Crippen LogP contribution in [-0.4, -0.2) is 49.7 Å². The first kappa shape index (κ1) is 21.7. The number of rotatable bonds is 5. The molecular formula is C19H28N4O5S. The second kappa shape index (κ2) is 8.37. The molecule has 0 radical (unpaired) electrons. The van der Waals surface area contributed by atoms with Crippen LogP contribution < -0.4 is 5.43 Å². The molecule has 1 aliphatic carbocycles. The van der Waals surface area contributed by atoms with E-state index >= 15 is 0 Å². The molecule has 1 aromatic carbocycles. The van der Waals surface area contributed by atoms with E-state index in [1.54, 1.807) is 0 Å². The molecule has 3 rings (SSSR count). The van der Waals surface area contributed by atoms with Gasteiger partial charge in [-0.15, -0.1) is 0 Å². The molecule has 9 nitrogen and oxygen atoms in total. The molecule has 1 heterocycles. The van der Waals surface area contributed by atoms with Crippen molar-refractivity contribution >= 4 is 27.1 Å². The maximum atomic E-state index is 12.8. The number of hydrogen-bond donors (Lipinski definition) is 1. The van der Waals surface area contributed by atoms with Crippen LogP contribution in [-0.2, 0) is 14.8 Å². The van der Waals surface area contributed by atoms with Gasteiger partial charge < -0.3 is 4.74 Å². The van der Waals surface area contributed by atoms with Crippen molar-refractivity contribution in [3.8, 4) is 0 Å². The van der Waals surface area contributed by atoms with E-state index in [9.17, 15) is 18.5 Å². The number of sulfonamides is 1. The molecule has 0 spiro atoms. The molecule has 2 aliphatic rings. The summed E-state index contributed by atoms with van der Waals surface area (Å²) < 4.78 is 32.0. The first-order valence-corrected chi connectivity index (χ1v) is 11.2. The van der Waals surface area contributed by atoms with Crippen LogP contribution in [0.3, 0.4) is 0 Å². The highest BCUT2D eigenvalue weighted by molar-refractivity contribution is 7.89. The zero-order valence-electron chi connectivity index (χ0n) is 17.1. The standard InChI is InChI=1S/C19H28N4O5S/c1-14-10-15(13-19(2,3)12-14)20-21-17-5-4-16(11-18(17)23(24)25)29(26,27)22-6-8-28-9-7-22/h4-5,11,14,21H,6-10,12-13H2,1-3H3. The number of nitrogens with one attached hydrogen (secondary N) is 1. The molecule has 1 saturated heterocycles. The third-order valence-corrected chi connectivity index (χ3v) is 7.17. The van der Waals surface area contributed by atoms with Gasteiger partial charge in [-0.2, -0.15) is 9.41 Å². The molecule has 1 unspecified atom stereocenters. The van der Waals surface area contributed by atoms with Gasteiger partial charge in [-0.3, -0.25) is 15.5 Å². The lowest BCUT2D eigenvalue weighted by molar-refractivity contribution is -0.384. The van der Waals surface area contributed by atoms with Gasteiger partial charge in [0, 0.05) is 24.9 Å². The minimum atomic E-state index is -3.81. The average Bonchev–Trinajstić information content (AvgIpc) is 2.65. The number of anilines is 1. The largest absolute Gasteiger partial charge is 0.379 e. The first-order valence-electron chi connectivity index (χ1n) is 9.76. The molecule has 1 saturated carbocycles. The lowest BCUT2D eigenvalue weighted by Gasteiger charge is -2.34. The van der Waals surface area contributed by atoms with E-state index in [4.69, 9.17) is 4.74 Å². The van der Waals surface area contributed by atoms with E-state index in [1.807, 2.05) is 0 Å². The monoisotopic (exact) mass is 424 g/mol. The molecule has 0 amide bonds. The van der Waals surface area contributed by atoms with Crippen LogP contribution in [0.2, 0.25) is 0 Å². The van der Waals surface area contributed by atoms with E-state index in [0.29, 0.717) is 19.1 Å². The molecular weight excluding hydrogens is 396 g/mol. The Labute approximate surface area is 171 Å². The molecule has 160 valence electrons. The number of nitro groups is 1. The van der Waals surface area contributed by atoms with Crippen LogP contribution in [0, 0.1) is 21.4 Å². The summed E-state index contributed by atoms with van der Waals surface area (Å²) in [7, 11) is -3.81. The minimum absolute atomic E-state index is 0.100. The summed E-state index contributed by atoms with van der Waals surface area (Å²) in [4.78, 5) is 10.9. The first-order chi connectivity index (χ1) is 13.6. The lowest BCUT2D eigenvalue weighted by atomic mass is 9.72. The van der Waals surface area contributed by atoms with Crippen molar-refractivity contribution in [3.05, 3.63) is 28.3 Å². The zero-order valence-corrected chi connectivity index (χ0v) is 17.9. The summed E-state index contributed by atoms with van der Waals surface area (Å²) in [6.07, 6.45) is 2.77. The number of hydrogen-bond acceptors (Lipinski definition) is 7. The second-order valence-corrected chi connectivity index (χ2v) is 10.5. The van der Waals surface area contributed by atoms with Crippen LogP contribution in [0.4, 0.5) is 11.4 Å². The Morgan fingerprint density at radius 2 is 2.00 bits per heavy atom. The Morgan fingerprint density at radius 3 is 2.62 bits per heavy atom. The summed E-state index contributed by atoms with van der Waals surface area (Å²) in [5.74, 6) is 0.496. The van der Waals surface area contributed by atoms with Crippen molar-refractivity contribution in [1.29, 1.82) is 0 Å². The van der Waals surface area contributed by atoms with E-state index in [-0.39, 0.29) is 34.8 Å². The van der Waals surface area contributed by atoms with Crippen molar-refractivity contribution in [2.75, 3.05) is 31.7 Å². The molecule has 0 bridgehead atoms. The molecule has 10 heteroatoms. The number of morpholine rings is 1. The van der Waals surface area contributed by atoms with Crippen molar-refractivity contribution in [1.82, 2.24) is 4.31 Å². The Kier molecular flexibility index (Phi) is 6.25. The third-order valence-electron chi connectivity index (χ3n) is 5.28. The van der Waals surface area contributed by atoms with E-state index in [0.717, 1.165) is 31.0 Å². The van der Waals surface area contributed by atoms with Crippen molar-refractivity contribution in [2.45, 2.75) is 44.9 Å². The Balaban J connectivity index is 1.85. The lowest BCUT2D eigenvalue weighted by Crippen LogP contribution is -2.40. The molecule has 2 fully saturated rings. The number of benzene rings is 1. The SMILES string of the molecule is CC1CC(=NNc2ccc(S(=O)(=O)N3CCOCC3)cc2[N+](=O)[O-])CC(C)(C)C1. The Hall–Kier alpha value is -2.04. The maximum Gasteiger partial charge on any atom is 0.295 e. The van der Waals surface area contributed by atoms with E-state index in [1.165, 1.54) is 16.4 Å². The quantitative estimate of drug-likeness (QED) is 0.573. The Morgan fingerprint density at radius 1 is 1.31 bits per heavy atom. The fourth-order valence-electron chi connectivity index (χ4n) is 4.19. The molecule has 1 aliphatic heterocycles. The summed E-state index contributed by atoms with van der Waals surface area (Å²) >= 11 is 0. The van der Waals surface area contributed by atoms with Crippen LogP contribution in [0.1, 0.15) is 40.0 Å². The smallest absolute Gasteiger partial charge is 0.295 e. The number of nitrogens with zero attached hydrogens (tertiary/aromatic N) is 3. The Bertz CT molecular complexity index is 907. The predicted molar refractivity (Wildman–Crippen MR) is 111 cm³/mol. The van der Waals surface area contributed by atoms with Crippen LogP contribution in [0.25, 0.3) is 0 Å². The van der Waals surface area contributed by atoms with Gasteiger partial charge in [0.25, 0.3) is 5.69 Å². The highest BCUT2D eigenvalue weighted by Crippen LogP contribution is 2.37. The van der Waals surface area contributed by atoms with Crippen molar-refractivity contribution in [3.63, 3.8) is 0 Å². The summed E-state index contributed by atoms with van der Waals surface area (Å²) in [5.41, 5.74) is 3.77. The molecule has 0 aromatic heterocycles. The molecule has 29 heavy (non-hydrogen) atoms. The summed E-state index contributed by atoms with van der Waals surface area (Å²) in [6.45, 7) is 7.64. The topological polar surface area (TPSA) is 114 Å². The van der Waals surface area contributed by atoms with Gasteiger partial charge in [0.2, 0.25) is 10.0 Å². The molecule has 1 aromatic rings.